The average Bonchev–Trinajstić information content (AvgIpc) is 3.05. The summed E-state index contributed by atoms with van der Waals surface area (Å²) in [5, 5.41) is 0. The lowest BCUT2D eigenvalue weighted by atomic mass is 10.1. The Morgan fingerprint density at radius 1 is 0.614 bits per heavy atom. The van der Waals surface area contributed by atoms with Crippen LogP contribution in [-0.4, -0.2) is 76.6 Å². The fraction of sp³-hybridized carbons (Fsp3) is 0.303. The summed E-state index contributed by atoms with van der Waals surface area (Å²) in [4.78, 5) is 34.8. The van der Waals surface area contributed by atoms with Crippen molar-refractivity contribution in [1.29, 1.82) is 0 Å². The van der Waals surface area contributed by atoms with Crippen LogP contribution >= 0.6 is 11.6 Å². The molecule has 3 aromatic carbocycles. The predicted molar refractivity (Wildman–Crippen MR) is 163 cm³/mol. The number of rotatable bonds is 20. The minimum absolute atomic E-state index is 0.156. The zero-order valence-electron chi connectivity index (χ0n) is 24.2. The van der Waals surface area contributed by atoms with E-state index in [0.29, 0.717) is 49.2 Å². The monoisotopic (exact) mass is 626 g/mol. The minimum atomic E-state index is -0.485. The van der Waals surface area contributed by atoms with E-state index in [2.05, 4.69) is 6.58 Å². The molecule has 0 atom stereocenters. The highest BCUT2D eigenvalue weighted by Gasteiger charge is 2.10. The van der Waals surface area contributed by atoms with Crippen LogP contribution in [0.4, 0.5) is 0 Å². The molecule has 0 unspecified atom stereocenters. The van der Waals surface area contributed by atoms with Crippen LogP contribution in [0.15, 0.2) is 85.5 Å². The first kappa shape index (κ1) is 34.1. The third-order valence-electron chi connectivity index (χ3n) is 5.76. The molecule has 3 aromatic rings. The van der Waals surface area contributed by atoms with E-state index in [9.17, 15) is 14.4 Å². The highest BCUT2D eigenvalue weighted by atomic mass is 35.5. The molecule has 0 heterocycles. The van der Waals surface area contributed by atoms with E-state index in [1.165, 1.54) is 0 Å². The van der Waals surface area contributed by atoms with Gasteiger partial charge in [-0.15, -0.1) is 11.6 Å². The second-order valence-electron chi connectivity index (χ2n) is 8.92. The highest BCUT2D eigenvalue weighted by Crippen LogP contribution is 2.25. The molecule has 11 heteroatoms. The lowest BCUT2D eigenvalue weighted by Crippen LogP contribution is -2.13. The number of carbonyl (C=O) groups excluding carboxylic acids is 3. The molecule has 44 heavy (non-hydrogen) atoms. The van der Waals surface area contributed by atoms with Crippen molar-refractivity contribution >= 4 is 29.5 Å². The van der Waals surface area contributed by atoms with Crippen molar-refractivity contribution in [2.24, 2.45) is 0 Å². The zero-order valence-corrected chi connectivity index (χ0v) is 25.0. The van der Waals surface area contributed by atoms with E-state index in [0.717, 1.165) is 17.2 Å². The van der Waals surface area contributed by atoms with E-state index in [1.54, 1.807) is 36.4 Å². The van der Waals surface area contributed by atoms with Crippen LogP contribution in [0.1, 0.15) is 16.8 Å². The zero-order chi connectivity index (χ0) is 31.4. The van der Waals surface area contributed by atoms with Crippen LogP contribution in [-0.2, 0) is 28.5 Å². The van der Waals surface area contributed by atoms with E-state index >= 15 is 0 Å². The molecular formula is C33H35ClO10. The lowest BCUT2D eigenvalue weighted by molar-refractivity contribution is -0.144. The molecule has 0 bridgehead atoms. The van der Waals surface area contributed by atoms with E-state index in [4.69, 9.17) is 44.8 Å². The average molecular weight is 627 g/mol. The Hall–Kier alpha value is -4.38. The molecule has 0 aliphatic heterocycles. The van der Waals surface area contributed by atoms with Gasteiger partial charge in [0.1, 0.15) is 43.7 Å². The largest absolute Gasteiger partial charge is 0.491 e. The Morgan fingerprint density at radius 2 is 1.09 bits per heavy atom. The number of ether oxygens (including phenoxy) is 7. The van der Waals surface area contributed by atoms with Gasteiger partial charge in [0.2, 0.25) is 0 Å². The molecule has 0 spiro atoms. The van der Waals surface area contributed by atoms with Gasteiger partial charge in [-0.2, -0.15) is 0 Å². The topological polar surface area (TPSA) is 116 Å². The summed E-state index contributed by atoms with van der Waals surface area (Å²) in [6.45, 7) is 5.60. The van der Waals surface area contributed by atoms with Gasteiger partial charge in [0, 0.05) is 12.0 Å². The quantitative estimate of drug-likeness (QED) is 0.0540. The molecule has 3 rings (SSSR count). The fourth-order valence-corrected chi connectivity index (χ4v) is 3.73. The second-order valence-corrected chi connectivity index (χ2v) is 9.29. The Balaban J connectivity index is 1.33. The van der Waals surface area contributed by atoms with E-state index in [-0.39, 0.29) is 44.7 Å². The summed E-state index contributed by atoms with van der Waals surface area (Å²) in [6, 6.07) is 21.3. The van der Waals surface area contributed by atoms with Crippen molar-refractivity contribution in [3.8, 4) is 28.4 Å². The van der Waals surface area contributed by atoms with E-state index < -0.39 is 11.9 Å². The van der Waals surface area contributed by atoms with Gasteiger partial charge in [-0.1, -0.05) is 30.8 Å². The number of hydrogen-bond acceptors (Lipinski definition) is 10. The van der Waals surface area contributed by atoms with Gasteiger partial charge in [0.25, 0.3) is 0 Å². The number of alkyl halides is 1. The molecule has 10 nitrogen and oxygen atoms in total. The maximum atomic E-state index is 12.6. The van der Waals surface area contributed by atoms with Crippen LogP contribution in [0.25, 0.3) is 11.1 Å². The summed E-state index contributed by atoms with van der Waals surface area (Å²) in [5.74, 6) is 0.580. The Bertz CT molecular complexity index is 1310. The molecule has 0 amide bonds. The first-order chi connectivity index (χ1) is 21.5. The third-order valence-corrected chi connectivity index (χ3v) is 5.95. The molecule has 0 aliphatic rings. The maximum Gasteiger partial charge on any atom is 0.343 e. The van der Waals surface area contributed by atoms with Crippen molar-refractivity contribution in [1.82, 2.24) is 0 Å². The van der Waals surface area contributed by atoms with Crippen molar-refractivity contribution in [2.75, 3.05) is 58.7 Å². The Kier molecular flexibility index (Phi) is 15.3. The number of halogens is 1. The van der Waals surface area contributed by atoms with Crippen molar-refractivity contribution < 1.29 is 47.5 Å². The fourth-order valence-electron chi connectivity index (χ4n) is 3.58. The highest BCUT2D eigenvalue weighted by molar-refractivity contribution is 6.18. The number of esters is 3. The number of carbonyl (C=O) groups is 3. The summed E-state index contributed by atoms with van der Waals surface area (Å²) in [7, 11) is 0. The van der Waals surface area contributed by atoms with Gasteiger partial charge in [0.15, 0.2) is 0 Å². The van der Waals surface area contributed by atoms with Crippen molar-refractivity contribution in [3.63, 3.8) is 0 Å². The van der Waals surface area contributed by atoms with Crippen LogP contribution in [0.5, 0.6) is 17.2 Å². The van der Waals surface area contributed by atoms with Gasteiger partial charge < -0.3 is 33.2 Å². The van der Waals surface area contributed by atoms with Crippen molar-refractivity contribution in [3.05, 3.63) is 91.0 Å². The summed E-state index contributed by atoms with van der Waals surface area (Å²) in [6.07, 6.45) is 1.27. The maximum absolute atomic E-state index is 12.6. The Labute approximate surface area is 261 Å². The predicted octanol–water partition coefficient (Wildman–Crippen LogP) is 5.26. The first-order valence-corrected chi connectivity index (χ1v) is 14.5. The molecule has 0 saturated carbocycles. The Morgan fingerprint density at radius 3 is 1.66 bits per heavy atom. The molecule has 0 saturated heterocycles. The molecule has 0 aliphatic carbocycles. The summed E-state index contributed by atoms with van der Waals surface area (Å²) in [5.41, 5.74) is 2.29. The standard InChI is InChI=1S/C33H35ClO10/c1-2-31(35)42-22-20-39-18-17-38-19-21-40-29-11-7-27(8-12-29)33(37)44-30-13-5-26(6-14-30)25-3-9-28(10-4-25)41-23-24-43-32(36)15-16-34/h2-14H,1,15-24H2. The summed E-state index contributed by atoms with van der Waals surface area (Å²) < 4.78 is 37.3. The molecule has 234 valence electrons. The van der Waals surface area contributed by atoms with Gasteiger partial charge in [-0.25, -0.2) is 9.59 Å². The van der Waals surface area contributed by atoms with Gasteiger partial charge in [0.05, 0.1) is 38.4 Å². The molecule has 0 N–H and O–H groups in total. The van der Waals surface area contributed by atoms with Gasteiger partial charge in [-0.05, 0) is 59.7 Å². The lowest BCUT2D eigenvalue weighted by Gasteiger charge is -2.10. The van der Waals surface area contributed by atoms with Gasteiger partial charge in [-0.3, -0.25) is 4.79 Å². The first-order valence-electron chi connectivity index (χ1n) is 13.9. The normalized spacial score (nSPS) is 10.5. The van der Waals surface area contributed by atoms with Crippen LogP contribution in [0, 0.1) is 0 Å². The molecular weight excluding hydrogens is 592 g/mol. The minimum Gasteiger partial charge on any atom is -0.491 e. The summed E-state index contributed by atoms with van der Waals surface area (Å²) >= 11 is 5.50. The smallest absolute Gasteiger partial charge is 0.343 e. The van der Waals surface area contributed by atoms with Crippen LogP contribution in [0.3, 0.4) is 0 Å². The molecule has 0 aromatic heterocycles. The third kappa shape index (κ3) is 12.9. The van der Waals surface area contributed by atoms with Crippen LogP contribution in [0.2, 0.25) is 0 Å². The SMILES string of the molecule is C=CC(=O)OCCOCCOCCOc1ccc(C(=O)Oc2ccc(-c3ccc(OCCOC(=O)CCCl)cc3)cc2)cc1. The van der Waals surface area contributed by atoms with Crippen molar-refractivity contribution in [2.45, 2.75) is 6.42 Å². The van der Waals surface area contributed by atoms with Gasteiger partial charge >= 0.3 is 17.9 Å². The second kappa shape index (κ2) is 19.7. The van der Waals surface area contributed by atoms with Crippen LogP contribution < -0.4 is 14.2 Å². The number of hydrogen-bond donors (Lipinski definition) is 0. The van der Waals surface area contributed by atoms with E-state index in [1.807, 2.05) is 36.4 Å². The number of benzene rings is 3. The molecule has 0 fully saturated rings. The molecule has 0 radical (unpaired) electrons.